The lowest BCUT2D eigenvalue weighted by atomic mass is 9.84. The molecule has 1 unspecified atom stereocenters. The van der Waals surface area contributed by atoms with E-state index in [1.165, 1.54) is 63.2 Å². The number of nitrogens with one attached hydrogen (secondary N) is 1. The third-order valence-corrected chi connectivity index (χ3v) is 6.74. The van der Waals surface area contributed by atoms with E-state index in [-0.39, 0.29) is 5.91 Å². The van der Waals surface area contributed by atoms with E-state index in [0.717, 1.165) is 11.6 Å². The number of para-hydroxylation sites is 1. The van der Waals surface area contributed by atoms with E-state index in [1.54, 1.807) is 11.1 Å². The van der Waals surface area contributed by atoms with E-state index in [1.807, 2.05) is 24.3 Å². The van der Waals surface area contributed by atoms with Gasteiger partial charge in [0, 0.05) is 18.7 Å². The van der Waals surface area contributed by atoms with Crippen LogP contribution in [0.25, 0.3) is 0 Å². The van der Waals surface area contributed by atoms with Gasteiger partial charge in [-0.3, -0.25) is 9.69 Å². The van der Waals surface area contributed by atoms with Crippen LogP contribution in [0.1, 0.15) is 87.6 Å². The Morgan fingerprint density at radius 2 is 1.77 bits per heavy atom. The van der Waals surface area contributed by atoms with Crippen LogP contribution in [0, 0.1) is 12.8 Å². The maximum absolute atomic E-state index is 10.9. The van der Waals surface area contributed by atoms with Gasteiger partial charge in [-0.2, -0.15) is 0 Å². The zero-order valence-corrected chi connectivity index (χ0v) is 20.1. The summed E-state index contributed by atoms with van der Waals surface area (Å²) in [5.41, 5.74) is 6.76. The summed E-state index contributed by atoms with van der Waals surface area (Å²) < 4.78 is 0. The van der Waals surface area contributed by atoms with Crippen LogP contribution >= 0.6 is 0 Å². The third kappa shape index (κ3) is 6.43. The minimum Gasteiger partial charge on any atom is -0.326 e. The first-order chi connectivity index (χ1) is 14.8. The summed E-state index contributed by atoms with van der Waals surface area (Å²) in [7, 11) is 0. The van der Waals surface area contributed by atoms with Crippen LogP contribution in [0.2, 0.25) is 0 Å². The first-order valence-electron chi connectivity index (χ1n) is 12.0. The third-order valence-electron chi connectivity index (χ3n) is 6.74. The van der Waals surface area contributed by atoms with E-state index in [2.05, 4.69) is 56.1 Å². The average molecular weight is 421 g/mol. The number of rotatable bonds is 3. The van der Waals surface area contributed by atoms with Gasteiger partial charge < -0.3 is 5.32 Å². The van der Waals surface area contributed by atoms with Gasteiger partial charge in [-0.1, -0.05) is 62.7 Å². The van der Waals surface area contributed by atoms with Gasteiger partial charge in [0.1, 0.15) is 0 Å². The summed E-state index contributed by atoms with van der Waals surface area (Å²) in [5.74, 6) is 1.35. The topological polar surface area (TPSA) is 32.3 Å². The van der Waals surface area contributed by atoms with Crippen LogP contribution in [0.3, 0.4) is 0 Å². The second-order valence-electron chi connectivity index (χ2n) is 9.75. The molecule has 1 aliphatic carbocycles. The summed E-state index contributed by atoms with van der Waals surface area (Å²) in [5, 5.41) is 2.82. The normalized spacial score (nSPS) is 19.4. The number of hydrogen-bond acceptors (Lipinski definition) is 2. The molecule has 1 fully saturated rings. The molecular weight excluding hydrogens is 380 g/mol. The number of fused-ring (bicyclic) bond motifs is 1. The second-order valence-corrected chi connectivity index (χ2v) is 9.75. The molecule has 3 nitrogen and oxygen atoms in total. The SMILES string of the molecule is CC(=O)Nc1ccccc1C(C)C.Cc1ccc2c(c1)C(N1CCC(C)CC1)CCC2. The van der Waals surface area contributed by atoms with Crippen LogP contribution in [0.4, 0.5) is 5.69 Å². The molecule has 1 saturated heterocycles. The number of aryl methyl sites for hydroxylation is 2. The van der Waals surface area contributed by atoms with Crippen molar-refractivity contribution in [3.8, 4) is 0 Å². The molecule has 2 aliphatic rings. The molecule has 1 N–H and O–H groups in total. The molecule has 0 radical (unpaired) electrons. The van der Waals surface area contributed by atoms with Gasteiger partial charge in [-0.15, -0.1) is 0 Å². The van der Waals surface area contributed by atoms with Crippen molar-refractivity contribution in [1.82, 2.24) is 4.90 Å². The highest BCUT2D eigenvalue weighted by atomic mass is 16.1. The van der Waals surface area contributed by atoms with Gasteiger partial charge in [0.2, 0.25) is 5.91 Å². The molecule has 2 aromatic carbocycles. The summed E-state index contributed by atoms with van der Waals surface area (Å²) >= 11 is 0. The fraction of sp³-hybridized carbons (Fsp3) is 0.536. The zero-order valence-electron chi connectivity index (χ0n) is 20.1. The Kier molecular flexibility index (Phi) is 8.31. The Balaban J connectivity index is 0.000000187. The summed E-state index contributed by atoms with van der Waals surface area (Å²) in [6.45, 7) is 13.0. The van der Waals surface area contributed by atoms with Crippen molar-refractivity contribution in [3.63, 3.8) is 0 Å². The molecule has 0 aromatic heterocycles. The first kappa shape index (κ1) is 23.5. The minimum absolute atomic E-state index is 0.0203. The van der Waals surface area contributed by atoms with Gasteiger partial charge in [0.05, 0.1) is 0 Å². The van der Waals surface area contributed by atoms with Crippen LogP contribution < -0.4 is 5.32 Å². The Hall–Kier alpha value is -2.13. The van der Waals surface area contributed by atoms with Crippen molar-refractivity contribution < 1.29 is 4.79 Å². The first-order valence-corrected chi connectivity index (χ1v) is 12.0. The lowest BCUT2D eigenvalue weighted by Gasteiger charge is -2.39. The molecular formula is C28H40N2O. The smallest absolute Gasteiger partial charge is 0.221 e. The highest BCUT2D eigenvalue weighted by Gasteiger charge is 2.28. The monoisotopic (exact) mass is 420 g/mol. The standard InChI is InChI=1S/C17H25N.C11H15NO/c1-13-8-10-18(11-9-13)17-5-3-4-15-7-6-14(2)12-16(15)17;1-8(2)10-6-4-5-7-11(10)12-9(3)13/h6-7,12-13,17H,3-5,8-11H2,1-2H3;4-8H,1-3H3,(H,12,13). The quantitative estimate of drug-likeness (QED) is 0.587. The Morgan fingerprint density at radius 1 is 1.06 bits per heavy atom. The highest BCUT2D eigenvalue weighted by molar-refractivity contribution is 5.89. The number of carbonyl (C=O) groups excluding carboxylic acids is 1. The molecule has 31 heavy (non-hydrogen) atoms. The maximum atomic E-state index is 10.9. The van der Waals surface area contributed by atoms with Gasteiger partial charge in [0.25, 0.3) is 0 Å². The Bertz CT molecular complexity index is 865. The maximum Gasteiger partial charge on any atom is 0.221 e. The molecule has 1 aliphatic heterocycles. The zero-order chi connectivity index (χ0) is 22.4. The molecule has 1 amide bonds. The number of amides is 1. The summed E-state index contributed by atoms with van der Waals surface area (Å²) in [6.07, 6.45) is 6.79. The van der Waals surface area contributed by atoms with Crippen LogP contribution in [-0.2, 0) is 11.2 Å². The average Bonchev–Trinajstić information content (AvgIpc) is 2.74. The van der Waals surface area contributed by atoms with Crippen LogP contribution in [-0.4, -0.2) is 23.9 Å². The van der Waals surface area contributed by atoms with Crippen molar-refractivity contribution in [1.29, 1.82) is 0 Å². The lowest BCUT2D eigenvalue weighted by molar-refractivity contribution is -0.114. The van der Waals surface area contributed by atoms with Crippen molar-refractivity contribution in [2.24, 2.45) is 5.92 Å². The number of piperidine rings is 1. The van der Waals surface area contributed by atoms with Crippen molar-refractivity contribution in [2.45, 2.75) is 78.7 Å². The minimum atomic E-state index is -0.0203. The van der Waals surface area contributed by atoms with Gasteiger partial charge >= 0.3 is 0 Å². The largest absolute Gasteiger partial charge is 0.326 e. The van der Waals surface area contributed by atoms with Crippen molar-refractivity contribution in [2.75, 3.05) is 18.4 Å². The molecule has 3 heteroatoms. The number of anilines is 1. The van der Waals surface area contributed by atoms with Gasteiger partial charge in [-0.05, 0) is 86.7 Å². The van der Waals surface area contributed by atoms with Crippen LogP contribution in [0.15, 0.2) is 42.5 Å². The summed E-state index contributed by atoms with van der Waals surface area (Å²) in [6, 6.07) is 15.7. The van der Waals surface area contributed by atoms with Gasteiger partial charge in [0.15, 0.2) is 0 Å². The van der Waals surface area contributed by atoms with Gasteiger partial charge in [-0.25, -0.2) is 0 Å². The van der Waals surface area contributed by atoms with E-state index in [0.29, 0.717) is 12.0 Å². The molecule has 1 heterocycles. The number of nitrogens with zero attached hydrogens (tertiary/aromatic N) is 1. The fourth-order valence-corrected chi connectivity index (χ4v) is 4.92. The number of likely N-dealkylation sites (tertiary alicyclic amines) is 1. The number of benzene rings is 2. The van der Waals surface area contributed by atoms with Crippen LogP contribution in [0.5, 0.6) is 0 Å². The second kappa shape index (κ2) is 10.9. The molecule has 0 spiro atoms. The van der Waals surface area contributed by atoms with E-state index in [4.69, 9.17) is 0 Å². The molecule has 168 valence electrons. The van der Waals surface area contributed by atoms with Crippen molar-refractivity contribution in [3.05, 3.63) is 64.7 Å². The fourth-order valence-electron chi connectivity index (χ4n) is 4.92. The number of carbonyl (C=O) groups is 1. The number of hydrogen-bond donors (Lipinski definition) is 1. The summed E-state index contributed by atoms with van der Waals surface area (Å²) in [4.78, 5) is 13.6. The Morgan fingerprint density at radius 3 is 2.45 bits per heavy atom. The molecule has 2 aromatic rings. The Labute approximate surface area is 189 Å². The van der Waals surface area contributed by atoms with E-state index < -0.39 is 0 Å². The van der Waals surface area contributed by atoms with E-state index >= 15 is 0 Å². The predicted molar refractivity (Wildman–Crippen MR) is 132 cm³/mol. The lowest BCUT2D eigenvalue weighted by Crippen LogP contribution is -2.37. The predicted octanol–water partition coefficient (Wildman–Crippen LogP) is 6.87. The molecule has 0 saturated carbocycles. The van der Waals surface area contributed by atoms with E-state index in [9.17, 15) is 4.79 Å². The van der Waals surface area contributed by atoms with Crippen molar-refractivity contribution >= 4 is 11.6 Å². The highest BCUT2D eigenvalue weighted by Crippen LogP contribution is 2.36. The molecule has 4 rings (SSSR count). The molecule has 1 atom stereocenters. The molecule has 0 bridgehead atoms.